The third kappa shape index (κ3) is 3.73. The summed E-state index contributed by atoms with van der Waals surface area (Å²) in [6.07, 6.45) is 9.17. The van der Waals surface area contributed by atoms with Crippen molar-refractivity contribution in [2.45, 2.75) is 70.5 Å². The van der Waals surface area contributed by atoms with Crippen LogP contribution in [0.5, 0.6) is 0 Å². The molecule has 1 aliphatic carbocycles. The number of nitrogens with one attached hydrogen (secondary N) is 1. The summed E-state index contributed by atoms with van der Waals surface area (Å²) in [5.41, 5.74) is 2.66. The van der Waals surface area contributed by atoms with E-state index in [0.717, 1.165) is 24.2 Å². The van der Waals surface area contributed by atoms with Crippen molar-refractivity contribution in [1.82, 2.24) is 5.32 Å². The minimum atomic E-state index is 0.645. The van der Waals surface area contributed by atoms with Gasteiger partial charge in [0, 0.05) is 25.2 Å². The number of hydrogen-bond acceptors (Lipinski definition) is 2. The molecule has 1 atom stereocenters. The fourth-order valence-electron chi connectivity index (χ4n) is 3.46. The van der Waals surface area contributed by atoms with Crippen molar-refractivity contribution in [3.63, 3.8) is 0 Å². The van der Waals surface area contributed by atoms with Gasteiger partial charge in [-0.2, -0.15) is 0 Å². The lowest BCUT2D eigenvalue weighted by atomic mass is 10.0. The predicted octanol–water partition coefficient (Wildman–Crippen LogP) is 4.75. The maximum atomic E-state index is 6.60. The van der Waals surface area contributed by atoms with Crippen LogP contribution in [0, 0.1) is 0 Å². The van der Waals surface area contributed by atoms with Gasteiger partial charge in [0.05, 0.1) is 10.7 Å². The van der Waals surface area contributed by atoms with E-state index in [0.29, 0.717) is 6.04 Å². The van der Waals surface area contributed by atoms with Crippen LogP contribution >= 0.6 is 11.6 Å². The van der Waals surface area contributed by atoms with Gasteiger partial charge in [-0.15, -0.1) is 0 Å². The molecule has 2 fully saturated rings. The maximum absolute atomic E-state index is 6.60. The lowest BCUT2D eigenvalue weighted by molar-refractivity contribution is 0.553. The minimum Gasteiger partial charge on any atom is -0.367 e. The van der Waals surface area contributed by atoms with Gasteiger partial charge in [0.1, 0.15) is 0 Å². The lowest BCUT2D eigenvalue weighted by Crippen LogP contribution is -2.35. The molecular weight excluding hydrogens is 280 g/mol. The van der Waals surface area contributed by atoms with Crippen LogP contribution in [0.4, 0.5) is 5.69 Å². The number of nitrogens with zero attached hydrogens (tertiary/aromatic N) is 1. The smallest absolute Gasteiger partial charge is 0.0643 e. The number of benzene rings is 1. The van der Waals surface area contributed by atoms with Gasteiger partial charge in [-0.05, 0) is 43.7 Å². The summed E-state index contributed by atoms with van der Waals surface area (Å²) in [7, 11) is 0. The van der Waals surface area contributed by atoms with Crippen molar-refractivity contribution in [2.24, 2.45) is 0 Å². The number of halogens is 1. The van der Waals surface area contributed by atoms with Gasteiger partial charge >= 0.3 is 0 Å². The first-order chi connectivity index (χ1) is 10.3. The molecule has 1 aromatic rings. The first kappa shape index (κ1) is 15.2. The maximum Gasteiger partial charge on any atom is 0.0643 e. The highest BCUT2D eigenvalue weighted by Gasteiger charge is 2.25. The first-order valence-corrected chi connectivity index (χ1v) is 8.94. The molecular formula is C18H27ClN2. The Balaban J connectivity index is 1.86. The van der Waals surface area contributed by atoms with Gasteiger partial charge in [-0.1, -0.05) is 43.5 Å². The molecule has 1 aliphatic heterocycles. The molecule has 1 aromatic carbocycles. The van der Waals surface area contributed by atoms with Gasteiger partial charge in [-0.3, -0.25) is 0 Å². The van der Waals surface area contributed by atoms with Gasteiger partial charge in [0.15, 0.2) is 0 Å². The van der Waals surface area contributed by atoms with Crippen LogP contribution in [-0.2, 0) is 6.54 Å². The van der Waals surface area contributed by atoms with Crippen molar-refractivity contribution in [1.29, 1.82) is 0 Å². The van der Waals surface area contributed by atoms with Gasteiger partial charge < -0.3 is 10.2 Å². The molecule has 3 heteroatoms. The van der Waals surface area contributed by atoms with E-state index in [1.165, 1.54) is 56.2 Å². The molecule has 0 bridgehead atoms. The summed E-state index contributed by atoms with van der Waals surface area (Å²) in [5, 5.41) is 4.56. The fraction of sp³-hybridized carbons (Fsp3) is 0.667. The Bertz CT molecular complexity index is 470. The lowest BCUT2D eigenvalue weighted by Gasteiger charge is -2.34. The van der Waals surface area contributed by atoms with Crippen LogP contribution in [0.3, 0.4) is 0 Å². The van der Waals surface area contributed by atoms with Gasteiger partial charge in [-0.25, -0.2) is 0 Å². The molecule has 1 unspecified atom stereocenters. The van der Waals surface area contributed by atoms with Crippen LogP contribution in [-0.4, -0.2) is 18.6 Å². The van der Waals surface area contributed by atoms with Crippen molar-refractivity contribution < 1.29 is 0 Å². The number of hydrogen-bond donors (Lipinski definition) is 1. The monoisotopic (exact) mass is 306 g/mol. The summed E-state index contributed by atoms with van der Waals surface area (Å²) in [6, 6.07) is 7.77. The second kappa shape index (κ2) is 7.02. The number of anilines is 1. The molecule has 1 heterocycles. The summed E-state index contributed by atoms with van der Waals surface area (Å²) in [6.45, 7) is 4.41. The van der Waals surface area contributed by atoms with Crippen molar-refractivity contribution in [3.05, 3.63) is 28.8 Å². The average Bonchev–Trinajstić information content (AvgIpc) is 3.32. The quantitative estimate of drug-likeness (QED) is 0.844. The van der Waals surface area contributed by atoms with Crippen LogP contribution < -0.4 is 10.2 Å². The van der Waals surface area contributed by atoms with E-state index < -0.39 is 0 Å². The average molecular weight is 307 g/mol. The Morgan fingerprint density at radius 2 is 2.05 bits per heavy atom. The van der Waals surface area contributed by atoms with Crippen LogP contribution in [0.25, 0.3) is 0 Å². The van der Waals surface area contributed by atoms with Crippen LogP contribution in [0.2, 0.25) is 5.02 Å². The van der Waals surface area contributed by atoms with E-state index in [-0.39, 0.29) is 0 Å². The largest absolute Gasteiger partial charge is 0.367 e. The second-order valence-corrected chi connectivity index (χ2v) is 6.91. The zero-order valence-corrected chi connectivity index (χ0v) is 13.8. The van der Waals surface area contributed by atoms with Gasteiger partial charge in [0.2, 0.25) is 0 Å². The van der Waals surface area contributed by atoms with E-state index in [4.69, 9.17) is 11.6 Å². The third-order valence-corrected chi connectivity index (χ3v) is 5.17. The van der Waals surface area contributed by atoms with E-state index in [1.54, 1.807) is 0 Å². The molecule has 116 valence electrons. The summed E-state index contributed by atoms with van der Waals surface area (Å²) < 4.78 is 0. The molecule has 3 rings (SSSR count). The number of para-hydroxylation sites is 1. The highest BCUT2D eigenvalue weighted by Crippen LogP contribution is 2.35. The Kier molecular flexibility index (Phi) is 5.07. The van der Waals surface area contributed by atoms with E-state index in [1.807, 2.05) is 0 Å². The molecule has 0 aromatic heterocycles. The Labute approximate surface area is 133 Å². The Morgan fingerprint density at radius 1 is 1.19 bits per heavy atom. The van der Waals surface area contributed by atoms with Crippen LogP contribution in [0.1, 0.15) is 57.4 Å². The molecule has 2 nitrogen and oxygen atoms in total. The highest BCUT2D eigenvalue weighted by atomic mass is 35.5. The topological polar surface area (TPSA) is 15.3 Å². The molecule has 0 radical (unpaired) electrons. The highest BCUT2D eigenvalue weighted by molar-refractivity contribution is 6.33. The van der Waals surface area contributed by atoms with Gasteiger partial charge in [0.25, 0.3) is 0 Å². The van der Waals surface area contributed by atoms with E-state index in [9.17, 15) is 0 Å². The molecule has 2 aliphatic rings. The molecule has 1 saturated carbocycles. The zero-order valence-electron chi connectivity index (χ0n) is 13.1. The molecule has 1 saturated heterocycles. The standard InChI is InChI=1S/C18H27ClN2/c1-2-16-8-4-3-5-12-21(16)18-14(7-6-9-17(18)19)13-20-15-10-11-15/h6-7,9,15-16,20H,2-5,8,10-13H2,1H3. The first-order valence-electron chi connectivity index (χ1n) is 8.57. The normalized spacial score (nSPS) is 23.1. The van der Waals surface area contributed by atoms with E-state index >= 15 is 0 Å². The Morgan fingerprint density at radius 3 is 2.81 bits per heavy atom. The van der Waals surface area contributed by atoms with Crippen molar-refractivity contribution in [3.8, 4) is 0 Å². The zero-order chi connectivity index (χ0) is 14.7. The Hall–Kier alpha value is -0.730. The van der Waals surface area contributed by atoms with E-state index in [2.05, 4.69) is 35.3 Å². The number of rotatable bonds is 5. The summed E-state index contributed by atoms with van der Waals surface area (Å²) >= 11 is 6.60. The van der Waals surface area contributed by atoms with Crippen molar-refractivity contribution >= 4 is 17.3 Å². The summed E-state index contributed by atoms with van der Waals surface area (Å²) in [5.74, 6) is 0. The third-order valence-electron chi connectivity index (χ3n) is 4.86. The van der Waals surface area contributed by atoms with Crippen LogP contribution in [0.15, 0.2) is 18.2 Å². The minimum absolute atomic E-state index is 0.645. The summed E-state index contributed by atoms with van der Waals surface area (Å²) in [4.78, 5) is 2.60. The van der Waals surface area contributed by atoms with Crippen molar-refractivity contribution in [2.75, 3.05) is 11.4 Å². The predicted molar refractivity (Wildman–Crippen MR) is 91.2 cm³/mol. The molecule has 0 amide bonds. The second-order valence-electron chi connectivity index (χ2n) is 6.51. The SMILES string of the molecule is CCC1CCCCCN1c1c(Cl)cccc1CNC1CC1. The molecule has 1 N–H and O–H groups in total. The molecule has 0 spiro atoms. The molecule has 21 heavy (non-hydrogen) atoms. The fourth-order valence-corrected chi connectivity index (χ4v) is 3.76.